The molecule has 0 aliphatic heterocycles. The lowest BCUT2D eigenvalue weighted by Crippen LogP contribution is -2.15. The van der Waals surface area contributed by atoms with E-state index in [-0.39, 0.29) is 11.4 Å². The van der Waals surface area contributed by atoms with Crippen LogP contribution < -0.4 is 10.6 Å². The fraction of sp³-hybridized carbons (Fsp3) is 0.150. The first kappa shape index (κ1) is 18.1. The molecular formula is C20H18FN5O. The molecule has 0 saturated carbocycles. The number of hydrogen-bond donors (Lipinski definition) is 2. The number of carbonyl (C=O) groups excluding carboxylic acids is 1. The summed E-state index contributed by atoms with van der Waals surface area (Å²) in [5, 5.41) is 19.2. The summed E-state index contributed by atoms with van der Waals surface area (Å²) in [7, 11) is 0. The van der Waals surface area contributed by atoms with Gasteiger partial charge >= 0.3 is 0 Å². The van der Waals surface area contributed by atoms with Gasteiger partial charge in [0.05, 0.1) is 23.0 Å². The first-order valence-corrected chi connectivity index (χ1v) is 8.52. The number of nitrogens with zero attached hydrogens (tertiary/aromatic N) is 3. The lowest BCUT2D eigenvalue weighted by atomic mass is 10.1. The molecule has 0 aliphatic carbocycles. The number of benzene rings is 2. The lowest BCUT2D eigenvalue weighted by Gasteiger charge is -2.12. The van der Waals surface area contributed by atoms with E-state index in [0.29, 0.717) is 11.3 Å². The van der Waals surface area contributed by atoms with Crippen LogP contribution in [0.25, 0.3) is 5.69 Å². The summed E-state index contributed by atoms with van der Waals surface area (Å²) >= 11 is 0. The highest BCUT2D eigenvalue weighted by Crippen LogP contribution is 2.24. The molecule has 27 heavy (non-hydrogen) atoms. The summed E-state index contributed by atoms with van der Waals surface area (Å²) in [5.74, 6) is -0.875. The number of nitriles is 1. The molecule has 1 aromatic heterocycles. The maximum atomic E-state index is 13.9. The third-order valence-corrected chi connectivity index (χ3v) is 3.88. The highest BCUT2D eigenvalue weighted by Gasteiger charge is 2.14. The van der Waals surface area contributed by atoms with Crippen LogP contribution in [0, 0.1) is 17.1 Å². The molecule has 1 amide bonds. The van der Waals surface area contributed by atoms with Crippen LogP contribution in [-0.4, -0.2) is 22.2 Å². The van der Waals surface area contributed by atoms with Gasteiger partial charge in [-0.1, -0.05) is 19.1 Å². The second-order valence-electron chi connectivity index (χ2n) is 5.85. The minimum absolute atomic E-state index is 0.141. The molecule has 2 N–H and O–H groups in total. The van der Waals surface area contributed by atoms with Gasteiger partial charge in [-0.05, 0) is 42.8 Å². The number of halogens is 1. The molecular weight excluding hydrogens is 345 g/mol. The molecule has 7 heteroatoms. The molecule has 0 bridgehead atoms. The summed E-state index contributed by atoms with van der Waals surface area (Å²) in [4.78, 5) is 12.6. The molecule has 136 valence electrons. The minimum Gasteiger partial charge on any atom is -0.383 e. The molecule has 1 heterocycles. The molecule has 6 nitrogen and oxygen atoms in total. The molecule has 0 radical (unpaired) electrons. The maximum Gasteiger partial charge on any atom is 0.276 e. The summed E-state index contributed by atoms with van der Waals surface area (Å²) in [6, 6.07) is 14.8. The highest BCUT2D eigenvalue weighted by atomic mass is 19.1. The highest BCUT2D eigenvalue weighted by molar-refractivity contribution is 6.04. The van der Waals surface area contributed by atoms with Gasteiger partial charge < -0.3 is 10.6 Å². The SMILES string of the molecule is CCCNc1ccc(C#N)cc1NC(=O)c1ccn(-c2ccccc2F)n1. The molecule has 3 aromatic rings. The number of aromatic nitrogens is 2. The van der Waals surface area contributed by atoms with E-state index in [2.05, 4.69) is 21.8 Å². The largest absolute Gasteiger partial charge is 0.383 e. The zero-order chi connectivity index (χ0) is 19.2. The first-order chi connectivity index (χ1) is 13.1. The van der Waals surface area contributed by atoms with Crippen molar-refractivity contribution in [1.29, 1.82) is 5.26 Å². The fourth-order valence-electron chi connectivity index (χ4n) is 2.53. The Morgan fingerprint density at radius 2 is 2.04 bits per heavy atom. The summed E-state index contributed by atoms with van der Waals surface area (Å²) in [6.07, 6.45) is 2.44. The molecule has 2 aromatic carbocycles. The van der Waals surface area contributed by atoms with Gasteiger partial charge in [-0.15, -0.1) is 0 Å². The molecule has 0 unspecified atom stereocenters. The Kier molecular flexibility index (Phi) is 5.47. The predicted octanol–water partition coefficient (Wildman–Crippen LogP) is 3.96. The van der Waals surface area contributed by atoms with Crippen molar-refractivity contribution in [3.05, 3.63) is 71.8 Å². The van der Waals surface area contributed by atoms with Crippen molar-refractivity contribution in [2.45, 2.75) is 13.3 Å². The van der Waals surface area contributed by atoms with E-state index in [1.165, 1.54) is 23.0 Å². The number of hydrogen-bond acceptors (Lipinski definition) is 4. The molecule has 0 fully saturated rings. The zero-order valence-electron chi connectivity index (χ0n) is 14.7. The van der Waals surface area contributed by atoms with E-state index >= 15 is 0 Å². The summed E-state index contributed by atoms with van der Waals surface area (Å²) in [6.45, 7) is 2.76. The second kappa shape index (κ2) is 8.15. The van der Waals surface area contributed by atoms with Gasteiger partial charge in [-0.2, -0.15) is 10.4 Å². The predicted molar refractivity (Wildman–Crippen MR) is 101 cm³/mol. The molecule has 0 spiro atoms. The van der Waals surface area contributed by atoms with E-state index in [9.17, 15) is 9.18 Å². The van der Waals surface area contributed by atoms with Crippen LogP contribution in [0.5, 0.6) is 0 Å². The number of rotatable bonds is 6. The third kappa shape index (κ3) is 4.12. The molecule has 0 aliphatic rings. The van der Waals surface area contributed by atoms with Crippen molar-refractivity contribution in [3.8, 4) is 11.8 Å². The van der Waals surface area contributed by atoms with E-state index in [1.54, 1.807) is 36.4 Å². The van der Waals surface area contributed by atoms with Crippen molar-refractivity contribution in [1.82, 2.24) is 9.78 Å². The number of para-hydroxylation sites is 1. The van der Waals surface area contributed by atoms with Crippen LogP contribution in [0.3, 0.4) is 0 Å². The van der Waals surface area contributed by atoms with Gasteiger partial charge in [-0.25, -0.2) is 9.07 Å². The Morgan fingerprint density at radius 3 is 2.78 bits per heavy atom. The van der Waals surface area contributed by atoms with Gasteiger partial charge in [0.1, 0.15) is 11.5 Å². The topological polar surface area (TPSA) is 82.7 Å². The summed E-state index contributed by atoms with van der Waals surface area (Å²) < 4.78 is 15.2. The Morgan fingerprint density at radius 1 is 1.22 bits per heavy atom. The van der Waals surface area contributed by atoms with Crippen molar-refractivity contribution in [2.24, 2.45) is 0 Å². The monoisotopic (exact) mass is 363 g/mol. The number of nitrogens with one attached hydrogen (secondary N) is 2. The van der Waals surface area contributed by atoms with Gasteiger partial charge in [0.15, 0.2) is 5.69 Å². The van der Waals surface area contributed by atoms with Crippen LogP contribution in [0.15, 0.2) is 54.7 Å². The average molecular weight is 363 g/mol. The number of anilines is 2. The van der Waals surface area contributed by atoms with Gasteiger partial charge in [0.2, 0.25) is 0 Å². The standard InChI is InChI=1S/C20H18FN5O/c1-2-10-23-16-8-7-14(13-22)12-18(16)24-20(27)17-9-11-26(25-17)19-6-4-3-5-15(19)21/h3-9,11-12,23H,2,10H2,1H3,(H,24,27). The quantitative estimate of drug-likeness (QED) is 0.694. The third-order valence-electron chi connectivity index (χ3n) is 3.88. The zero-order valence-corrected chi connectivity index (χ0v) is 14.7. The van der Waals surface area contributed by atoms with Crippen molar-refractivity contribution in [3.63, 3.8) is 0 Å². The lowest BCUT2D eigenvalue weighted by molar-refractivity contribution is 0.102. The molecule has 0 saturated heterocycles. The Hall–Kier alpha value is -3.66. The second-order valence-corrected chi connectivity index (χ2v) is 5.85. The Labute approximate surface area is 156 Å². The average Bonchev–Trinajstić information content (AvgIpc) is 3.17. The van der Waals surface area contributed by atoms with Gasteiger partial charge in [0.25, 0.3) is 5.91 Å². The van der Waals surface area contributed by atoms with Gasteiger partial charge in [-0.3, -0.25) is 4.79 Å². The number of carbonyl (C=O) groups is 1. The minimum atomic E-state index is -0.445. The van der Waals surface area contributed by atoms with E-state index in [4.69, 9.17) is 5.26 Å². The van der Waals surface area contributed by atoms with E-state index < -0.39 is 11.7 Å². The fourth-order valence-corrected chi connectivity index (χ4v) is 2.53. The molecule has 0 atom stereocenters. The van der Waals surface area contributed by atoms with E-state index in [0.717, 1.165) is 18.7 Å². The first-order valence-electron chi connectivity index (χ1n) is 8.52. The smallest absolute Gasteiger partial charge is 0.276 e. The van der Waals surface area contributed by atoms with Gasteiger partial charge in [0, 0.05) is 12.7 Å². The van der Waals surface area contributed by atoms with Crippen LogP contribution in [-0.2, 0) is 0 Å². The van der Waals surface area contributed by atoms with Crippen LogP contribution >= 0.6 is 0 Å². The van der Waals surface area contributed by atoms with Crippen LogP contribution in [0.2, 0.25) is 0 Å². The number of amides is 1. The van der Waals surface area contributed by atoms with Crippen LogP contribution in [0.1, 0.15) is 29.4 Å². The van der Waals surface area contributed by atoms with Crippen molar-refractivity contribution >= 4 is 17.3 Å². The summed E-state index contributed by atoms with van der Waals surface area (Å²) in [5.41, 5.74) is 2.05. The van der Waals surface area contributed by atoms with Crippen molar-refractivity contribution < 1.29 is 9.18 Å². The Balaban J connectivity index is 1.84. The Bertz CT molecular complexity index is 1010. The normalized spacial score (nSPS) is 10.3. The van der Waals surface area contributed by atoms with Crippen molar-refractivity contribution in [2.75, 3.05) is 17.2 Å². The van der Waals surface area contributed by atoms with E-state index in [1.807, 2.05) is 6.92 Å². The molecule has 3 rings (SSSR count). The van der Waals surface area contributed by atoms with Crippen LogP contribution in [0.4, 0.5) is 15.8 Å². The maximum absolute atomic E-state index is 13.9.